The number of benzene rings is 1. The Kier molecular flexibility index (Phi) is 6.97. The number of urea groups is 1. The van der Waals surface area contributed by atoms with Gasteiger partial charge < -0.3 is 15.7 Å². The first-order valence-corrected chi connectivity index (χ1v) is 8.66. The van der Waals surface area contributed by atoms with Crippen molar-refractivity contribution in [3.8, 4) is 0 Å². The third-order valence-electron chi connectivity index (χ3n) is 4.66. The van der Waals surface area contributed by atoms with Crippen molar-refractivity contribution in [3.63, 3.8) is 0 Å². The highest BCUT2D eigenvalue weighted by Gasteiger charge is 2.23. The third kappa shape index (κ3) is 5.16. The summed E-state index contributed by atoms with van der Waals surface area (Å²) in [4.78, 5) is 12.2. The average Bonchev–Trinajstić information content (AvgIpc) is 2.55. The Morgan fingerprint density at radius 3 is 2.58 bits per heavy atom. The zero-order valence-corrected chi connectivity index (χ0v) is 14.0. The predicted molar refractivity (Wildman–Crippen MR) is 88.5 cm³/mol. The molecule has 3 N–H and O–H groups in total. The van der Waals surface area contributed by atoms with Gasteiger partial charge in [0.05, 0.1) is 6.04 Å². The van der Waals surface area contributed by atoms with Crippen molar-refractivity contribution in [2.45, 2.75) is 57.5 Å². The van der Waals surface area contributed by atoms with E-state index >= 15 is 0 Å². The summed E-state index contributed by atoms with van der Waals surface area (Å²) < 4.78 is 27.1. The van der Waals surface area contributed by atoms with E-state index < -0.39 is 17.7 Å². The van der Waals surface area contributed by atoms with Crippen LogP contribution in [-0.4, -0.2) is 23.8 Å². The Hall–Kier alpha value is -1.69. The summed E-state index contributed by atoms with van der Waals surface area (Å²) in [6.07, 6.45) is 4.81. The van der Waals surface area contributed by atoms with E-state index in [4.69, 9.17) is 5.11 Å². The van der Waals surface area contributed by atoms with E-state index in [9.17, 15) is 13.6 Å². The monoisotopic (exact) mass is 340 g/mol. The first kappa shape index (κ1) is 18.6. The molecule has 0 saturated heterocycles. The van der Waals surface area contributed by atoms with Gasteiger partial charge in [-0.25, -0.2) is 13.6 Å². The number of aliphatic hydroxyl groups is 1. The third-order valence-corrected chi connectivity index (χ3v) is 4.66. The highest BCUT2D eigenvalue weighted by atomic mass is 19.1. The molecule has 0 aromatic heterocycles. The molecule has 134 valence electrons. The Morgan fingerprint density at radius 2 is 2.00 bits per heavy atom. The van der Waals surface area contributed by atoms with Crippen molar-refractivity contribution in [3.05, 3.63) is 35.4 Å². The maximum Gasteiger partial charge on any atom is 0.315 e. The SMILES string of the molecule is CCCC(NC(=O)NC1CCC(CO)CC1)c1ccc(F)cc1F. The predicted octanol–water partition coefficient (Wildman–Crippen LogP) is 3.66. The van der Waals surface area contributed by atoms with Crippen LogP contribution in [0.25, 0.3) is 0 Å². The fourth-order valence-corrected chi connectivity index (χ4v) is 3.25. The molecule has 1 aromatic carbocycles. The molecule has 0 aliphatic heterocycles. The fourth-order valence-electron chi connectivity index (χ4n) is 3.25. The molecule has 1 aliphatic carbocycles. The Bertz CT molecular complexity index is 546. The molecule has 1 aromatic rings. The fraction of sp³-hybridized carbons (Fsp3) is 0.611. The molecular weight excluding hydrogens is 314 g/mol. The van der Waals surface area contributed by atoms with Crippen LogP contribution in [0.2, 0.25) is 0 Å². The molecule has 24 heavy (non-hydrogen) atoms. The summed E-state index contributed by atoms with van der Waals surface area (Å²) in [5.41, 5.74) is 0.303. The largest absolute Gasteiger partial charge is 0.396 e. The lowest BCUT2D eigenvalue weighted by Gasteiger charge is -2.29. The molecule has 1 fully saturated rings. The zero-order chi connectivity index (χ0) is 17.5. The molecule has 1 aliphatic rings. The van der Waals surface area contributed by atoms with Crippen molar-refractivity contribution in [1.29, 1.82) is 0 Å². The molecule has 2 rings (SSSR count). The van der Waals surface area contributed by atoms with Crippen molar-refractivity contribution in [1.82, 2.24) is 10.6 Å². The van der Waals surface area contributed by atoms with Crippen LogP contribution in [0.15, 0.2) is 18.2 Å². The van der Waals surface area contributed by atoms with Crippen LogP contribution in [0, 0.1) is 17.6 Å². The van der Waals surface area contributed by atoms with Crippen molar-refractivity contribution in [2.24, 2.45) is 5.92 Å². The molecule has 1 unspecified atom stereocenters. The summed E-state index contributed by atoms with van der Waals surface area (Å²) in [5, 5.41) is 14.9. The summed E-state index contributed by atoms with van der Waals surface area (Å²) in [5.74, 6) is -0.943. The Labute approximate surface area is 141 Å². The van der Waals surface area contributed by atoms with E-state index in [0.29, 0.717) is 17.9 Å². The van der Waals surface area contributed by atoms with E-state index in [1.807, 2.05) is 6.92 Å². The smallest absolute Gasteiger partial charge is 0.315 e. The van der Waals surface area contributed by atoms with E-state index in [1.54, 1.807) is 0 Å². The second-order valence-corrected chi connectivity index (χ2v) is 6.53. The summed E-state index contributed by atoms with van der Waals surface area (Å²) >= 11 is 0. The number of aliphatic hydroxyl groups excluding tert-OH is 1. The quantitative estimate of drug-likeness (QED) is 0.740. The first-order valence-electron chi connectivity index (χ1n) is 8.66. The van der Waals surface area contributed by atoms with Crippen LogP contribution in [-0.2, 0) is 0 Å². The molecule has 2 amide bonds. The van der Waals surface area contributed by atoms with Crippen LogP contribution < -0.4 is 10.6 Å². The van der Waals surface area contributed by atoms with Crippen LogP contribution in [0.3, 0.4) is 0 Å². The molecule has 6 heteroatoms. The second-order valence-electron chi connectivity index (χ2n) is 6.53. The van der Waals surface area contributed by atoms with E-state index in [1.165, 1.54) is 12.1 Å². The number of amides is 2. The molecule has 1 atom stereocenters. The van der Waals surface area contributed by atoms with Crippen molar-refractivity contribution < 1.29 is 18.7 Å². The summed E-state index contributed by atoms with van der Waals surface area (Å²) in [6, 6.07) is 2.70. The highest BCUT2D eigenvalue weighted by molar-refractivity contribution is 5.74. The van der Waals surface area contributed by atoms with Gasteiger partial charge in [0.1, 0.15) is 11.6 Å². The number of hydrogen-bond acceptors (Lipinski definition) is 2. The zero-order valence-electron chi connectivity index (χ0n) is 14.0. The van der Waals surface area contributed by atoms with Gasteiger partial charge in [0.2, 0.25) is 0 Å². The average molecular weight is 340 g/mol. The highest BCUT2D eigenvalue weighted by Crippen LogP contribution is 2.25. The van der Waals surface area contributed by atoms with E-state index in [2.05, 4.69) is 10.6 Å². The van der Waals surface area contributed by atoms with Crippen LogP contribution in [0.5, 0.6) is 0 Å². The molecule has 4 nitrogen and oxygen atoms in total. The van der Waals surface area contributed by atoms with Gasteiger partial charge in [-0.1, -0.05) is 19.4 Å². The summed E-state index contributed by atoms with van der Waals surface area (Å²) in [6.45, 7) is 2.14. The number of rotatable bonds is 6. The van der Waals surface area contributed by atoms with Gasteiger partial charge >= 0.3 is 6.03 Å². The lowest BCUT2D eigenvalue weighted by Crippen LogP contribution is -2.45. The van der Waals surface area contributed by atoms with E-state index in [-0.39, 0.29) is 18.7 Å². The van der Waals surface area contributed by atoms with Gasteiger partial charge in [-0.2, -0.15) is 0 Å². The topological polar surface area (TPSA) is 61.4 Å². The normalized spacial score (nSPS) is 22.0. The number of halogens is 2. The van der Waals surface area contributed by atoms with Crippen molar-refractivity contribution >= 4 is 6.03 Å². The van der Waals surface area contributed by atoms with Gasteiger partial charge in [0, 0.05) is 24.3 Å². The molecule has 0 heterocycles. The van der Waals surface area contributed by atoms with Crippen LogP contribution >= 0.6 is 0 Å². The molecule has 1 saturated carbocycles. The lowest BCUT2D eigenvalue weighted by molar-refractivity contribution is 0.174. The number of nitrogens with one attached hydrogen (secondary N) is 2. The van der Waals surface area contributed by atoms with Gasteiger partial charge in [-0.05, 0) is 44.1 Å². The minimum absolute atomic E-state index is 0.0770. The minimum Gasteiger partial charge on any atom is -0.396 e. The van der Waals surface area contributed by atoms with Gasteiger partial charge in [-0.15, -0.1) is 0 Å². The minimum atomic E-state index is -0.641. The van der Waals surface area contributed by atoms with Crippen LogP contribution in [0.1, 0.15) is 57.1 Å². The van der Waals surface area contributed by atoms with E-state index in [0.717, 1.165) is 38.2 Å². The number of carbonyl (C=O) groups excluding carboxylic acids is 1. The molecule has 0 spiro atoms. The van der Waals surface area contributed by atoms with Gasteiger partial charge in [0.15, 0.2) is 0 Å². The van der Waals surface area contributed by atoms with Crippen LogP contribution in [0.4, 0.5) is 13.6 Å². The maximum atomic E-state index is 14.0. The van der Waals surface area contributed by atoms with Crippen molar-refractivity contribution in [2.75, 3.05) is 6.61 Å². The standard InChI is InChI=1S/C18H26F2N2O2/c1-2-3-17(15-9-6-13(19)10-16(15)20)22-18(24)21-14-7-4-12(11-23)5-8-14/h6,9-10,12,14,17,23H,2-5,7-8,11H2,1H3,(H2,21,22,24). The van der Waals surface area contributed by atoms with Gasteiger partial charge in [0.25, 0.3) is 0 Å². The maximum absolute atomic E-state index is 14.0. The summed E-state index contributed by atoms with van der Waals surface area (Å²) in [7, 11) is 0. The Morgan fingerprint density at radius 1 is 1.29 bits per heavy atom. The van der Waals surface area contributed by atoms with Gasteiger partial charge in [-0.3, -0.25) is 0 Å². The Balaban J connectivity index is 1.93. The second kappa shape index (κ2) is 8.97. The first-order chi connectivity index (χ1) is 11.5. The number of carbonyl (C=O) groups is 1. The lowest BCUT2D eigenvalue weighted by atomic mass is 9.87. The molecule has 0 radical (unpaired) electrons. The molecule has 0 bridgehead atoms. The molecular formula is C18H26F2N2O2. The number of hydrogen-bond donors (Lipinski definition) is 3.